The van der Waals surface area contributed by atoms with E-state index in [1.165, 1.54) is 48.3 Å². The molecule has 0 N–H and O–H groups in total. The van der Waals surface area contributed by atoms with Crippen LogP contribution in [-0.4, -0.2) is 30.0 Å². The predicted molar refractivity (Wildman–Crippen MR) is 95.2 cm³/mol. The van der Waals surface area contributed by atoms with E-state index in [2.05, 4.69) is 42.3 Å². The first-order valence-corrected chi connectivity index (χ1v) is 9.01. The zero-order valence-corrected chi connectivity index (χ0v) is 14.4. The van der Waals surface area contributed by atoms with Crippen LogP contribution in [0.4, 0.5) is 0 Å². The molecular formula is C20H23ClN2. The quantitative estimate of drug-likeness (QED) is 0.776. The number of aryl methyl sites for hydroxylation is 2. The SMILES string of the molecule is CN1CCC(C2c3ccc(Cl)cc3CCc3cccnc32)CC1. The molecule has 0 saturated carbocycles. The Morgan fingerprint density at radius 2 is 1.87 bits per heavy atom. The van der Waals surface area contributed by atoms with Crippen molar-refractivity contribution in [3.63, 3.8) is 0 Å². The maximum atomic E-state index is 6.27. The van der Waals surface area contributed by atoms with Gasteiger partial charge in [-0.2, -0.15) is 0 Å². The molecule has 1 aliphatic heterocycles. The number of hydrogen-bond acceptors (Lipinski definition) is 2. The van der Waals surface area contributed by atoms with Gasteiger partial charge in [-0.3, -0.25) is 4.98 Å². The van der Waals surface area contributed by atoms with Crippen LogP contribution < -0.4 is 0 Å². The molecule has 2 heterocycles. The number of rotatable bonds is 1. The Hall–Kier alpha value is -1.38. The lowest BCUT2D eigenvalue weighted by molar-refractivity contribution is 0.206. The van der Waals surface area contributed by atoms with E-state index >= 15 is 0 Å². The van der Waals surface area contributed by atoms with Crippen molar-refractivity contribution < 1.29 is 0 Å². The molecule has 1 aliphatic carbocycles. The van der Waals surface area contributed by atoms with Crippen LogP contribution in [-0.2, 0) is 12.8 Å². The van der Waals surface area contributed by atoms with Crippen molar-refractivity contribution in [1.29, 1.82) is 0 Å². The maximum Gasteiger partial charge on any atom is 0.0513 e. The lowest BCUT2D eigenvalue weighted by Gasteiger charge is -2.35. The number of pyridine rings is 1. The summed E-state index contributed by atoms with van der Waals surface area (Å²) >= 11 is 6.27. The second-order valence-corrected chi connectivity index (χ2v) is 7.45. The fourth-order valence-electron chi connectivity index (χ4n) is 4.29. The van der Waals surface area contributed by atoms with Crippen LogP contribution in [0.2, 0.25) is 5.02 Å². The first-order chi connectivity index (χ1) is 11.2. The highest BCUT2D eigenvalue weighted by atomic mass is 35.5. The van der Waals surface area contributed by atoms with Gasteiger partial charge in [-0.25, -0.2) is 0 Å². The highest BCUT2D eigenvalue weighted by Crippen LogP contribution is 2.42. The summed E-state index contributed by atoms with van der Waals surface area (Å²) < 4.78 is 0. The fourth-order valence-corrected chi connectivity index (χ4v) is 4.49. The van der Waals surface area contributed by atoms with Crippen molar-refractivity contribution in [2.45, 2.75) is 31.6 Å². The molecule has 1 fully saturated rings. The Morgan fingerprint density at radius 1 is 1.09 bits per heavy atom. The van der Waals surface area contributed by atoms with Gasteiger partial charge in [-0.1, -0.05) is 23.7 Å². The highest BCUT2D eigenvalue weighted by molar-refractivity contribution is 6.30. The van der Waals surface area contributed by atoms with Crippen LogP contribution in [0.25, 0.3) is 0 Å². The minimum Gasteiger partial charge on any atom is -0.306 e. The summed E-state index contributed by atoms with van der Waals surface area (Å²) in [7, 11) is 2.23. The molecule has 1 atom stereocenters. The van der Waals surface area contributed by atoms with Crippen molar-refractivity contribution in [2.24, 2.45) is 5.92 Å². The lowest BCUT2D eigenvalue weighted by Crippen LogP contribution is -2.33. The molecule has 1 aromatic heterocycles. The van der Waals surface area contributed by atoms with E-state index in [4.69, 9.17) is 16.6 Å². The molecule has 0 bridgehead atoms. The number of nitrogens with zero attached hydrogens (tertiary/aromatic N) is 2. The van der Waals surface area contributed by atoms with Crippen LogP contribution in [0.5, 0.6) is 0 Å². The zero-order chi connectivity index (χ0) is 15.8. The molecule has 1 saturated heterocycles. The highest BCUT2D eigenvalue weighted by Gasteiger charge is 2.33. The van der Waals surface area contributed by atoms with Gasteiger partial charge < -0.3 is 4.90 Å². The van der Waals surface area contributed by atoms with E-state index in [0.717, 1.165) is 17.9 Å². The number of halogens is 1. The molecule has 0 radical (unpaired) electrons. The van der Waals surface area contributed by atoms with Crippen LogP contribution in [0.3, 0.4) is 0 Å². The molecule has 1 unspecified atom stereocenters. The lowest BCUT2D eigenvalue weighted by atomic mass is 9.76. The fraction of sp³-hybridized carbons (Fsp3) is 0.450. The van der Waals surface area contributed by atoms with E-state index < -0.39 is 0 Å². The summed E-state index contributed by atoms with van der Waals surface area (Å²) in [6.45, 7) is 2.37. The summed E-state index contributed by atoms with van der Waals surface area (Å²) in [5, 5.41) is 0.852. The largest absolute Gasteiger partial charge is 0.306 e. The monoisotopic (exact) mass is 326 g/mol. The zero-order valence-electron chi connectivity index (χ0n) is 13.6. The molecule has 1 aromatic carbocycles. The van der Waals surface area contributed by atoms with Gasteiger partial charge >= 0.3 is 0 Å². The van der Waals surface area contributed by atoms with Crippen LogP contribution >= 0.6 is 11.6 Å². The molecule has 2 nitrogen and oxygen atoms in total. The Labute approximate surface area is 143 Å². The minimum atomic E-state index is 0.426. The van der Waals surface area contributed by atoms with Gasteiger partial charge in [0.2, 0.25) is 0 Å². The Bertz CT molecular complexity index is 705. The Kier molecular flexibility index (Phi) is 4.13. The normalized spacial score (nSPS) is 22.3. The maximum absolute atomic E-state index is 6.27. The van der Waals surface area contributed by atoms with E-state index in [1.807, 2.05) is 6.20 Å². The van der Waals surface area contributed by atoms with Gasteiger partial charge in [-0.15, -0.1) is 0 Å². The molecule has 23 heavy (non-hydrogen) atoms. The third-order valence-corrected chi connectivity index (χ3v) is 5.79. The van der Waals surface area contributed by atoms with Gasteiger partial charge in [0, 0.05) is 17.1 Å². The summed E-state index contributed by atoms with van der Waals surface area (Å²) in [4.78, 5) is 7.27. The molecule has 120 valence electrons. The van der Waals surface area contributed by atoms with Crippen molar-refractivity contribution in [1.82, 2.24) is 9.88 Å². The second-order valence-electron chi connectivity index (χ2n) is 7.01. The topological polar surface area (TPSA) is 16.1 Å². The van der Waals surface area contributed by atoms with Gasteiger partial charge in [-0.05, 0) is 86.6 Å². The van der Waals surface area contributed by atoms with Gasteiger partial charge in [0.1, 0.15) is 0 Å². The van der Waals surface area contributed by atoms with E-state index in [0.29, 0.717) is 11.8 Å². The molecule has 0 amide bonds. The first-order valence-electron chi connectivity index (χ1n) is 8.63. The molecule has 2 aromatic rings. The summed E-state index contributed by atoms with van der Waals surface area (Å²) in [5.41, 5.74) is 5.60. The molecule has 3 heteroatoms. The first kappa shape index (κ1) is 15.2. The third-order valence-electron chi connectivity index (χ3n) is 5.56. The molecule has 0 spiro atoms. The predicted octanol–water partition coefficient (Wildman–Crippen LogP) is 4.31. The summed E-state index contributed by atoms with van der Waals surface area (Å²) in [6.07, 6.45) is 6.59. The summed E-state index contributed by atoms with van der Waals surface area (Å²) in [5.74, 6) is 1.10. The number of aromatic nitrogens is 1. The number of likely N-dealkylation sites (tertiary alicyclic amines) is 1. The van der Waals surface area contributed by atoms with Gasteiger partial charge in [0.25, 0.3) is 0 Å². The standard InChI is InChI=1S/C20H23ClN2/c1-23-11-8-14(9-12-23)19-18-7-6-17(21)13-16(18)5-4-15-3-2-10-22-20(15)19/h2-3,6-7,10,13-14,19H,4-5,8-9,11-12H2,1H3. The van der Waals surface area contributed by atoms with Crippen LogP contribution in [0, 0.1) is 5.92 Å². The Balaban J connectivity index is 1.81. The Morgan fingerprint density at radius 3 is 2.70 bits per heavy atom. The van der Waals surface area contributed by atoms with Crippen molar-refractivity contribution in [3.8, 4) is 0 Å². The van der Waals surface area contributed by atoms with Gasteiger partial charge in [0.15, 0.2) is 0 Å². The number of hydrogen-bond donors (Lipinski definition) is 0. The molecular weight excluding hydrogens is 304 g/mol. The van der Waals surface area contributed by atoms with Crippen molar-refractivity contribution in [3.05, 3.63) is 63.9 Å². The number of fused-ring (bicyclic) bond motifs is 2. The smallest absolute Gasteiger partial charge is 0.0513 e. The third kappa shape index (κ3) is 2.90. The molecule has 4 rings (SSSR count). The minimum absolute atomic E-state index is 0.426. The average molecular weight is 327 g/mol. The van der Waals surface area contributed by atoms with E-state index in [-0.39, 0.29) is 0 Å². The van der Waals surface area contributed by atoms with Crippen LogP contribution in [0.1, 0.15) is 41.1 Å². The number of benzene rings is 1. The van der Waals surface area contributed by atoms with Crippen molar-refractivity contribution in [2.75, 3.05) is 20.1 Å². The second kappa shape index (κ2) is 6.26. The molecule has 2 aliphatic rings. The van der Waals surface area contributed by atoms with E-state index in [1.54, 1.807) is 0 Å². The number of piperidine rings is 1. The summed E-state index contributed by atoms with van der Waals surface area (Å²) in [6, 6.07) is 10.8. The van der Waals surface area contributed by atoms with E-state index in [9.17, 15) is 0 Å². The van der Waals surface area contributed by atoms with Gasteiger partial charge in [0.05, 0.1) is 5.69 Å². The average Bonchev–Trinajstić information content (AvgIpc) is 2.72. The van der Waals surface area contributed by atoms with Crippen LogP contribution in [0.15, 0.2) is 36.5 Å². The van der Waals surface area contributed by atoms with Crippen molar-refractivity contribution >= 4 is 11.6 Å².